The van der Waals surface area contributed by atoms with Crippen LogP contribution in [0.5, 0.6) is 0 Å². The quantitative estimate of drug-likeness (QED) is 0.0199. The molecule has 0 aliphatic carbocycles. The van der Waals surface area contributed by atoms with E-state index in [1.165, 1.54) is 85.2 Å². The zero-order valence-corrected chi connectivity index (χ0v) is 76.6. The molecule has 0 spiro atoms. The van der Waals surface area contributed by atoms with Crippen molar-refractivity contribution in [1.29, 1.82) is 0 Å². The molecule has 10 heterocycles. The van der Waals surface area contributed by atoms with Gasteiger partial charge < -0.3 is 99.9 Å². The standard InChI is InChI=1S/2C20H22N4O3.C19H19ClN4O3.2C19H19FN4O3/c1-12-8-14(10-15(9-12)20(26)27)19-18(13-4-6-21-17(25)11-13)22-16(23-19)5-7-24(2)3;1-12-4-5-13(10-15(12)20(26)27)18-19(14-6-8-21-17(25)11-14)23-16(22-18)7-9-24(2)3;2*1-24(2)6-4-15-22-17(11-3-5-21-16(25)10-11)18(23-15)12-7-13(19(26)27)9-14(20)8-12;1-24(2)9-7-14-22-17(11-6-8-21-15(25)10-11)18(23-14)12-4-3-5-13(16(12)20)19(26)27/h4,6,8-11H,5,7H2,1-3H3,(H,21,25)(H,22,23)(H,26,27);4-6,8,10-11H,7,9H2,1-3H3,(H,21,25)(H,22,23)(H,26,27);2*3,5,7-10H,4,6H2,1-2H3,(H,21,25)(H,22,23)(H,26,27);3-6,8,10H,7,9H2,1-2H3,(H,21,25)(H,22,23)(H,26,27). The van der Waals surface area contributed by atoms with Crippen molar-refractivity contribution >= 4 is 41.4 Å². The molecule has 0 aliphatic rings. The summed E-state index contributed by atoms with van der Waals surface area (Å²) < 4.78 is 28.8. The van der Waals surface area contributed by atoms with E-state index < -0.39 is 47.0 Å². The molecule has 15 rings (SSSR count). The number of halogens is 3. The third-order valence-electron chi connectivity index (χ3n) is 20.7. The third-order valence-corrected chi connectivity index (χ3v) is 20.9. The number of aromatic carboxylic acids is 5. The van der Waals surface area contributed by atoms with Gasteiger partial charge in [-0.2, -0.15) is 0 Å². The highest BCUT2D eigenvalue weighted by molar-refractivity contribution is 6.31. The number of aromatic nitrogens is 15. The van der Waals surface area contributed by atoms with Gasteiger partial charge in [0.25, 0.3) is 0 Å². The second-order valence-corrected chi connectivity index (χ2v) is 33.2. The summed E-state index contributed by atoms with van der Waals surface area (Å²) in [6.07, 6.45) is 11.0. The normalized spacial score (nSPS) is 11.1. The van der Waals surface area contributed by atoms with Gasteiger partial charge in [0.05, 0.1) is 84.8 Å². The predicted octanol–water partition coefficient (Wildman–Crippen LogP) is 12.7. The third kappa shape index (κ3) is 27.2. The minimum atomic E-state index is -1.35. The van der Waals surface area contributed by atoms with Crippen LogP contribution in [0.15, 0.2) is 207 Å². The SMILES string of the molecule is CN(C)CCc1nc(-c2cc(Cl)cc(C(=O)O)c2)c(-c2cc[nH]c(=O)c2)[nH]1.CN(C)CCc1nc(-c2cc(F)cc(C(=O)O)c2)c(-c2cc[nH]c(=O)c2)[nH]1.CN(C)CCc1nc(-c2cc[nH]c(=O)c2)c(-c2cccc(C(=O)O)c2F)[nH]1.Cc1cc(C(=O)O)cc(-c2nc(CCN(C)C)[nH]c2-c2cc[nH]c(=O)c2)c1.Cc1ccc(-c2nc(CCN(C)C)[nH]c2-c2cc[nH]c(=O)c2)cc1C(=O)O. The Balaban J connectivity index is 0.000000162. The van der Waals surface area contributed by atoms with Gasteiger partial charge >= 0.3 is 29.8 Å². The molecule has 0 fully saturated rings. The van der Waals surface area contributed by atoms with Gasteiger partial charge in [0.1, 0.15) is 40.8 Å². The Kier molecular flexibility index (Phi) is 33.5. The molecule has 0 radical (unpaired) electrons. The van der Waals surface area contributed by atoms with Gasteiger partial charge in [-0.05, 0) is 199 Å². The van der Waals surface area contributed by atoms with Crippen molar-refractivity contribution < 1.29 is 58.3 Å². The smallest absolute Gasteiger partial charge is 0.338 e. The van der Waals surface area contributed by atoms with Crippen LogP contribution in [0.2, 0.25) is 5.02 Å². The summed E-state index contributed by atoms with van der Waals surface area (Å²) in [6, 6.07) is 38.6. The molecule has 0 saturated carbocycles. The van der Waals surface area contributed by atoms with Gasteiger partial charge in [-0.15, -0.1) is 0 Å². The van der Waals surface area contributed by atoms with Gasteiger partial charge in [-0.25, -0.2) is 57.7 Å². The van der Waals surface area contributed by atoms with E-state index in [1.807, 2.05) is 104 Å². The van der Waals surface area contributed by atoms with Crippen molar-refractivity contribution in [3.63, 3.8) is 0 Å². The maximum absolute atomic E-state index is 14.8. The Labute approximate surface area is 775 Å². The lowest BCUT2D eigenvalue weighted by Gasteiger charge is -2.07. The van der Waals surface area contributed by atoms with E-state index in [4.69, 9.17) is 21.6 Å². The fourth-order valence-corrected chi connectivity index (χ4v) is 14.3. The molecule has 15 aromatic rings. The minimum absolute atomic E-state index is 0.0761. The lowest BCUT2D eigenvalue weighted by Crippen LogP contribution is -2.15. The first-order chi connectivity index (χ1) is 64.2. The van der Waals surface area contributed by atoms with E-state index in [0.29, 0.717) is 161 Å². The van der Waals surface area contributed by atoms with Crippen LogP contribution < -0.4 is 27.8 Å². The molecule has 135 heavy (non-hydrogen) atoms. The largest absolute Gasteiger partial charge is 0.478 e. The molecule has 700 valence electrons. The number of likely N-dealkylation sites (N-methyl/N-ethyl adjacent to an activating group) is 5. The first-order valence-corrected chi connectivity index (χ1v) is 42.5. The minimum Gasteiger partial charge on any atom is -0.478 e. The van der Waals surface area contributed by atoms with Crippen LogP contribution >= 0.6 is 11.6 Å². The second-order valence-electron chi connectivity index (χ2n) is 32.8. The van der Waals surface area contributed by atoms with E-state index in [-0.39, 0.29) is 55.6 Å². The van der Waals surface area contributed by atoms with E-state index in [0.717, 1.165) is 61.8 Å². The first-order valence-electron chi connectivity index (χ1n) is 42.2. The zero-order chi connectivity index (χ0) is 97.8. The van der Waals surface area contributed by atoms with E-state index in [1.54, 1.807) is 86.2 Å². The molecule has 10 aromatic heterocycles. The average Bonchev–Trinajstić information content (AvgIpc) is 1.73. The van der Waals surface area contributed by atoms with Crippen LogP contribution in [0.1, 0.15) is 92.0 Å². The van der Waals surface area contributed by atoms with E-state index in [2.05, 4.69) is 74.6 Å². The van der Waals surface area contributed by atoms with Gasteiger partial charge in [0, 0.05) is 187 Å². The summed E-state index contributed by atoms with van der Waals surface area (Å²) in [7, 11) is 19.6. The number of rotatable bonds is 30. The Morgan fingerprint density at radius 1 is 0.319 bits per heavy atom. The highest BCUT2D eigenvalue weighted by atomic mass is 35.5. The lowest BCUT2D eigenvalue weighted by molar-refractivity contribution is 0.0681. The number of nitrogens with zero attached hydrogens (tertiary/aromatic N) is 10. The number of hydrogen-bond donors (Lipinski definition) is 15. The number of aromatic amines is 10. The van der Waals surface area contributed by atoms with Gasteiger partial charge in [0.2, 0.25) is 27.8 Å². The molecule has 0 unspecified atom stereocenters. The monoisotopic (exact) mass is 1860 g/mol. The summed E-state index contributed by atoms with van der Waals surface area (Å²) in [5, 5.41) is 46.8. The van der Waals surface area contributed by atoms with Crippen LogP contribution in [-0.2, 0) is 32.1 Å². The molecule has 5 aromatic carbocycles. The summed E-state index contributed by atoms with van der Waals surface area (Å²) in [4.78, 5) is 178. The number of carboxylic acids is 5. The summed E-state index contributed by atoms with van der Waals surface area (Å²) in [5.74, 6) is -3.53. The maximum Gasteiger partial charge on any atom is 0.338 e. The molecule has 0 amide bonds. The van der Waals surface area contributed by atoms with Crippen LogP contribution in [0.4, 0.5) is 8.78 Å². The number of pyridine rings is 5. The number of benzene rings is 5. The number of H-pyrrole nitrogens is 10. The van der Waals surface area contributed by atoms with Crippen molar-refractivity contribution in [3.05, 3.63) is 319 Å². The molecule has 0 saturated heterocycles. The van der Waals surface area contributed by atoms with Crippen molar-refractivity contribution in [2.75, 3.05) is 103 Å². The number of nitrogens with one attached hydrogen (secondary N) is 10. The predicted molar refractivity (Wildman–Crippen MR) is 511 cm³/mol. The summed E-state index contributed by atoms with van der Waals surface area (Å²) >= 11 is 6.11. The van der Waals surface area contributed by atoms with Crippen molar-refractivity contribution in [1.82, 2.24) is 99.3 Å². The Morgan fingerprint density at radius 2 is 0.622 bits per heavy atom. The summed E-state index contributed by atoms with van der Waals surface area (Å²) in [5.41, 5.74) is 11.3. The lowest BCUT2D eigenvalue weighted by atomic mass is 10.0. The highest BCUT2D eigenvalue weighted by Crippen LogP contribution is 2.38. The topological polar surface area (TPSA) is 510 Å². The fraction of sp³-hybridized carbons (Fsp3) is 0.227. The molecule has 0 aliphatic heterocycles. The maximum atomic E-state index is 14.8. The summed E-state index contributed by atoms with van der Waals surface area (Å²) in [6.45, 7) is 7.49. The molecule has 0 bridgehead atoms. The van der Waals surface area contributed by atoms with Crippen LogP contribution in [0.3, 0.4) is 0 Å². The van der Waals surface area contributed by atoms with Crippen molar-refractivity contribution in [3.8, 4) is 113 Å². The number of carboxylic acid groups (broad SMARTS) is 5. The van der Waals surface area contributed by atoms with Gasteiger partial charge in [-0.1, -0.05) is 29.8 Å². The molecule has 0 atom stereocenters. The Morgan fingerprint density at radius 3 is 0.970 bits per heavy atom. The molecular weight excluding hydrogens is 1760 g/mol. The van der Waals surface area contributed by atoms with E-state index >= 15 is 0 Å². The number of carbonyl (C=O) groups is 5. The molecular formula is C97H101ClF2N20O15. The first kappa shape index (κ1) is 99.8. The van der Waals surface area contributed by atoms with Gasteiger partial charge in [0.15, 0.2) is 0 Å². The average molecular weight is 1860 g/mol. The van der Waals surface area contributed by atoms with E-state index in [9.17, 15) is 82.3 Å². The number of aryl methyl sites for hydroxylation is 2. The molecule has 35 nitrogen and oxygen atoms in total. The van der Waals surface area contributed by atoms with Crippen LogP contribution in [0, 0.1) is 25.5 Å². The Bertz CT molecular complexity index is 6720. The second kappa shape index (κ2) is 45.4. The fourth-order valence-electron chi connectivity index (χ4n) is 14.1. The molecule has 15 N–H and O–H groups in total. The van der Waals surface area contributed by atoms with Crippen LogP contribution in [0.25, 0.3) is 113 Å². The van der Waals surface area contributed by atoms with Crippen molar-refractivity contribution in [2.45, 2.75) is 46.0 Å². The highest BCUT2D eigenvalue weighted by Gasteiger charge is 2.26. The number of imidazole rings is 5. The molecule has 38 heteroatoms. The zero-order valence-electron chi connectivity index (χ0n) is 75.8. The van der Waals surface area contributed by atoms with Crippen LogP contribution in [-0.4, -0.2) is 258 Å². The Hall–Kier alpha value is -15.8. The van der Waals surface area contributed by atoms with Crippen molar-refractivity contribution in [2.24, 2.45) is 0 Å². The van der Waals surface area contributed by atoms with Gasteiger partial charge in [-0.3, -0.25) is 24.0 Å². The number of hydrogen-bond acceptors (Lipinski definition) is 20.